The molecule has 0 saturated heterocycles. The molecule has 0 amide bonds. The second kappa shape index (κ2) is 4.94. The maximum absolute atomic E-state index is 10.0. The molecule has 0 spiro atoms. The first kappa shape index (κ1) is 11.7. The zero-order chi connectivity index (χ0) is 10.7. The molecule has 14 heavy (non-hydrogen) atoms. The van der Waals surface area contributed by atoms with Gasteiger partial charge in [0.25, 0.3) is 0 Å². The van der Waals surface area contributed by atoms with E-state index in [0.29, 0.717) is 5.92 Å². The number of rotatable bonds is 3. The fraction of sp³-hybridized carbons (Fsp3) is 0.500. The van der Waals surface area contributed by atoms with Crippen molar-refractivity contribution in [2.45, 2.75) is 33.3 Å². The second-order valence-electron chi connectivity index (χ2n) is 3.83. The van der Waals surface area contributed by atoms with Crippen LogP contribution in [0, 0.1) is 12.8 Å². The molecule has 2 heteroatoms. The smallest absolute Gasteiger partial charge is 0.0818 e. The number of halogens is 1. The quantitative estimate of drug-likeness (QED) is 0.872. The van der Waals surface area contributed by atoms with Gasteiger partial charge in [-0.1, -0.05) is 42.3 Å². The van der Waals surface area contributed by atoms with Gasteiger partial charge in [-0.15, -0.1) is 0 Å². The van der Waals surface area contributed by atoms with Gasteiger partial charge in [-0.2, -0.15) is 0 Å². The largest absolute Gasteiger partial charge is 0.388 e. The van der Waals surface area contributed by atoms with Gasteiger partial charge in [0, 0.05) is 4.47 Å². The van der Waals surface area contributed by atoms with Crippen LogP contribution in [0.25, 0.3) is 0 Å². The zero-order valence-electron chi connectivity index (χ0n) is 8.92. The van der Waals surface area contributed by atoms with Gasteiger partial charge >= 0.3 is 0 Å². The Bertz CT molecular complexity index is 309. The molecule has 1 aromatic rings. The van der Waals surface area contributed by atoms with Gasteiger partial charge in [-0.25, -0.2) is 0 Å². The van der Waals surface area contributed by atoms with E-state index < -0.39 is 0 Å². The van der Waals surface area contributed by atoms with E-state index in [9.17, 15) is 5.11 Å². The lowest BCUT2D eigenvalue weighted by Crippen LogP contribution is -2.09. The van der Waals surface area contributed by atoms with Crippen molar-refractivity contribution >= 4 is 15.9 Å². The van der Waals surface area contributed by atoms with Crippen molar-refractivity contribution in [3.8, 4) is 0 Å². The summed E-state index contributed by atoms with van der Waals surface area (Å²) in [7, 11) is 0. The Hall–Kier alpha value is -0.340. The number of aliphatic hydroxyl groups is 1. The fourth-order valence-electron chi connectivity index (χ4n) is 1.50. The summed E-state index contributed by atoms with van der Waals surface area (Å²) >= 11 is 3.42. The average Bonchev–Trinajstić information content (AvgIpc) is 2.15. The van der Waals surface area contributed by atoms with Gasteiger partial charge in [-0.05, 0) is 36.1 Å². The van der Waals surface area contributed by atoms with Crippen LogP contribution in [0.4, 0.5) is 0 Å². The summed E-state index contributed by atoms with van der Waals surface area (Å²) in [6, 6.07) is 6.02. The molecule has 78 valence electrons. The predicted molar refractivity (Wildman–Crippen MR) is 63.3 cm³/mol. The highest BCUT2D eigenvalue weighted by Gasteiger charge is 2.16. The minimum Gasteiger partial charge on any atom is -0.388 e. The van der Waals surface area contributed by atoms with Crippen molar-refractivity contribution in [1.29, 1.82) is 0 Å². The molecule has 0 bridgehead atoms. The van der Waals surface area contributed by atoms with Crippen molar-refractivity contribution in [3.05, 3.63) is 33.8 Å². The van der Waals surface area contributed by atoms with Crippen LogP contribution >= 0.6 is 15.9 Å². The molecule has 0 aliphatic carbocycles. The summed E-state index contributed by atoms with van der Waals surface area (Å²) in [5, 5.41) is 10.0. The van der Waals surface area contributed by atoms with Gasteiger partial charge in [0.1, 0.15) is 0 Å². The van der Waals surface area contributed by atoms with E-state index in [0.717, 1.165) is 22.0 Å². The molecule has 0 heterocycles. The van der Waals surface area contributed by atoms with E-state index in [1.54, 1.807) is 0 Å². The van der Waals surface area contributed by atoms with Crippen molar-refractivity contribution in [2.75, 3.05) is 0 Å². The van der Waals surface area contributed by atoms with Gasteiger partial charge in [0.05, 0.1) is 6.10 Å². The lowest BCUT2D eigenvalue weighted by Gasteiger charge is -2.19. The molecule has 1 aromatic carbocycles. The summed E-state index contributed by atoms with van der Waals surface area (Å²) in [6.07, 6.45) is 0.657. The molecule has 0 saturated carbocycles. The molecule has 0 aliphatic rings. The molecule has 1 rings (SSSR count). The second-order valence-corrected chi connectivity index (χ2v) is 4.75. The van der Waals surface area contributed by atoms with Gasteiger partial charge in [0.2, 0.25) is 0 Å². The standard InChI is InChI=1S/C12H17BrO/c1-4-8(2)12(14)11-6-5-10(13)7-9(11)3/h5-8,12,14H,4H2,1-3H3. The summed E-state index contributed by atoms with van der Waals surface area (Å²) in [6.45, 7) is 6.21. The number of aryl methyl sites for hydroxylation is 1. The van der Waals surface area contributed by atoms with E-state index in [2.05, 4.69) is 29.8 Å². The van der Waals surface area contributed by atoms with Crippen molar-refractivity contribution in [1.82, 2.24) is 0 Å². The first-order chi connectivity index (χ1) is 6.56. The van der Waals surface area contributed by atoms with Gasteiger partial charge in [-0.3, -0.25) is 0 Å². The SMILES string of the molecule is CCC(C)C(O)c1ccc(Br)cc1C. The summed E-state index contributed by atoms with van der Waals surface area (Å²) in [5.74, 6) is 0.315. The number of aliphatic hydroxyl groups excluding tert-OH is 1. The van der Waals surface area contributed by atoms with Crippen molar-refractivity contribution in [3.63, 3.8) is 0 Å². The third-order valence-corrected chi connectivity index (χ3v) is 3.23. The van der Waals surface area contributed by atoms with E-state index in [-0.39, 0.29) is 6.10 Å². The van der Waals surface area contributed by atoms with Gasteiger partial charge in [0.15, 0.2) is 0 Å². The molecular formula is C12H17BrO. The van der Waals surface area contributed by atoms with E-state index in [1.807, 2.05) is 25.1 Å². The summed E-state index contributed by atoms with van der Waals surface area (Å²) < 4.78 is 1.06. The molecule has 0 fully saturated rings. The van der Waals surface area contributed by atoms with Gasteiger partial charge < -0.3 is 5.11 Å². The zero-order valence-corrected chi connectivity index (χ0v) is 10.5. The molecule has 0 radical (unpaired) electrons. The summed E-state index contributed by atoms with van der Waals surface area (Å²) in [4.78, 5) is 0. The Morgan fingerprint density at radius 3 is 2.57 bits per heavy atom. The molecule has 2 atom stereocenters. The van der Waals surface area contributed by atoms with Crippen LogP contribution < -0.4 is 0 Å². The molecule has 2 unspecified atom stereocenters. The topological polar surface area (TPSA) is 20.2 Å². The first-order valence-electron chi connectivity index (χ1n) is 5.00. The van der Waals surface area contributed by atoms with Crippen molar-refractivity contribution < 1.29 is 5.11 Å². The highest BCUT2D eigenvalue weighted by Crippen LogP contribution is 2.28. The summed E-state index contributed by atoms with van der Waals surface area (Å²) in [5.41, 5.74) is 2.19. The molecular weight excluding hydrogens is 240 g/mol. The van der Waals surface area contributed by atoms with Crippen LogP contribution in [0.5, 0.6) is 0 Å². The minimum absolute atomic E-state index is 0.315. The fourth-order valence-corrected chi connectivity index (χ4v) is 1.98. The third-order valence-electron chi connectivity index (χ3n) is 2.73. The van der Waals surface area contributed by atoms with Crippen LogP contribution in [0.15, 0.2) is 22.7 Å². The van der Waals surface area contributed by atoms with Crippen molar-refractivity contribution in [2.24, 2.45) is 5.92 Å². The highest BCUT2D eigenvalue weighted by atomic mass is 79.9. The number of benzene rings is 1. The van der Waals surface area contributed by atoms with E-state index in [1.165, 1.54) is 0 Å². The maximum Gasteiger partial charge on any atom is 0.0818 e. The monoisotopic (exact) mass is 256 g/mol. The third kappa shape index (κ3) is 2.58. The van der Waals surface area contributed by atoms with Crippen LogP contribution in [-0.2, 0) is 0 Å². The number of hydrogen-bond donors (Lipinski definition) is 1. The average molecular weight is 257 g/mol. The normalized spacial score (nSPS) is 15.2. The first-order valence-corrected chi connectivity index (χ1v) is 5.79. The number of hydrogen-bond acceptors (Lipinski definition) is 1. The minimum atomic E-state index is -0.340. The molecule has 1 nitrogen and oxygen atoms in total. The lowest BCUT2D eigenvalue weighted by molar-refractivity contribution is 0.115. The predicted octanol–water partition coefficient (Wildman–Crippen LogP) is 3.84. The Morgan fingerprint density at radius 1 is 1.43 bits per heavy atom. The lowest BCUT2D eigenvalue weighted by atomic mass is 9.92. The van der Waals surface area contributed by atoms with Crippen LogP contribution in [0.1, 0.15) is 37.5 Å². The highest BCUT2D eigenvalue weighted by molar-refractivity contribution is 9.10. The molecule has 1 N–H and O–H groups in total. The Morgan fingerprint density at radius 2 is 2.07 bits per heavy atom. The molecule has 0 aliphatic heterocycles. The van der Waals surface area contributed by atoms with E-state index in [4.69, 9.17) is 0 Å². The van der Waals surface area contributed by atoms with E-state index >= 15 is 0 Å². The van der Waals surface area contributed by atoms with Crippen LogP contribution in [-0.4, -0.2) is 5.11 Å². The van der Waals surface area contributed by atoms with Crippen LogP contribution in [0.3, 0.4) is 0 Å². The van der Waals surface area contributed by atoms with Crippen LogP contribution in [0.2, 0.25) is 0 Å². The molecule has 0 aromatic heterocycles. The maximum atomic E-state index is 10.0. The Labute approximate surface area is 94.3 Å². The Kier molecular flexibility index (Phi) is 4.14. The Balaban J connectivity index is 2.95.